The van der Waals surface area contributed by atoms with E-state index in [4.69, 9.17) is 9.72 Å². The summed E-state index contributed by atoms with van der Waals surface area (Å²) in [4.78, 5) is 28.1. The molecule has 2 aromatic rings. The first-order valence-electron chi connectivity index (χ1n) is 9.58. The number of nitrogens with zero attached hydrogens (tertiary/aromatic N) is 5. The monoisotopic (exact) mass is 385 g/mol. The fourth-order valence-corrected chi connectivity index (χ4v) is 3.52. The first kappa shape index (κ1) is 18.6. The van der Waals surface area contributed by atoms with E-state index >= 15 is 0 Å². The minimum atomic E-state index is -0.339. The molecule has 148 valence electrons. The summed E-state index contributed by atoms with van der Waals surface area (Å²) in [7, 11) is 0. The SMILES string of the molecule is Cc1cc(N2CCOCC2)nc(N2CCN(C(=O)c3ccc(F)cc3)CC2)n1. The second-order valence-corrected chi connectivity index (χ2v) is 7.05. The van der Waals surface area contributed by atoms with Crippen LogP contribution < -0.4 is 9.80 Å². The maximum absolute atomic E-state index is 13.1. The van der Waals surface area contributed by atoms with Crippen molar-refractivity contribution in [3.63, 3.8) is 0 Å². The van der Waals surface area contributed by atoms with Gasteiger partial charge in [-0.3, -0.25) is 4.79 Å². The second-order valence-electron chi connectivity index (χ2n) is 7.05. The summed E-state index contributed by atoms with van der Waals surface area (Å²) < 4.78 is 18.5. The van der Waals surface area contributed by atoms with E-state index in [1.165, 1.54) is 24.3 Å². The summed E-state index contributed by atoms with van der Waals surface area (Å²) in [6.45, 7) is 7.55. The first-order valence-corrected chi connectivity index (χ1v) is 9.58. The lowest BCUT2D eigenvalue weighted by atomic mass is 10.2. The molecule has 7 nitrogen and oxygen atoms in total. The summed E-state index contributed by atoms with van der Waals surface area (Å²) in [5.74, 6) is 1.22. The van der Waals surface area contributed by atoms with Crippen LogP contribution in [0, 0.1) is 12.7 Å². The van der Waals surface area contributed by atoms with Gasteiger partial charge in [-0.05, 0) is 31.2 Å². The molecule has 1 aromatic heterocycles. The van der Waals surface area contributed by atoms with Crippen LogP contribution in [0.2, 0.25) is 0 Å². The predicted octanol–water partition coefficient (Wildman–Crippen LogP) is 1.72. The summed E-state index contributed by atoms with van der Waals surface area (Å²) in [6, 6.07) is 7.70. The van der Waals surface area contributed by atoms with Gasteiger partial charge in [-0.2, -0.15) is 4.98 Å². The predicted molar refractivity (Wildman–Crippen MR) is 104 cm³/mol. The van der Waals surface area contributed by atoms with Crippen LogP contribution >= 0.6 is 0 Å². The molecule has 0 aliphatic carbocycles. The zero-order chi connectivity index (χ0) is 19.5. The average Bonchev–Trinajstić information content (AvgIpc) is 2.74. The van der Waals surface area contributed by atoms with Crippen LogP contribution in [0.1, 0.15) is 16.1 Å². The Balaban J connectivity index is 1.42. The maximum atomic E-state index is 13.1. The molecule has 0 saturated carbocycles. The zero-order valence-electron chi connectivity index (χ0n) is 16.0. The van der Waals surface area contributed by atoms with Gasteiger partial charge in [0.25, 0.3) is 5.91 Å². The number of carbonyl (C=O) groups is 1. The smallest absolute Gasteiger partial charge is 0.253 e. The van der Waals surface area contributed by atoms with E-state index in [-0.39, 0.29) is 11.7 Å². The van der Waals surface area contributed by atoms with E-state index in [0.29, 0.717) is 50.9 Å². The number of carbonyl (C=O) groups excluding carboxylic acids is 1. The number of aromatic nitrogens is 2. The molecule has 1 amide bonds. The maximum Gasteiger partial charge on any atom is 0.253 e. The van der Waals surface area contributed by atoms with Gasteiger partial charge in [-0.25, -0.2) is 9.37 Å². The minimum absolute atomic E-state index is 0.0705. The second kappa shape index (κ2) is 8.10. The molecule has 1 aromatic carbocycles. The third-order valence-corrected chi connectivity index (χ3v) is 5.10. The Kier molecular flexibility index (Phi) is 5.38. The van der Waals surface area contributed by atoms with E-state index < -0.39 is 0 Å². The van der Waals surface area contributed by atoms with Crippen molar-refractivity contribution >= 4 is 17.7 Å². The molecular formula is C20H24FN5O2. The fourth-order valence-electron chi connectivity index (χ4n) is 3.52. The highest BCUT2D eigenvalue weighted by molar-refractivity contribution is 5.94. The molecule has 0 unspecified atom stereocenters. The minimum Gasteiger partial charge on any atom is -0.378 e. The Hall–Kier alpha value is -2.74. The Morgan fingerprint density at radius 1 is 0.964 bits per heavy atom. The Labute approximate surface area is 163 Å². The fraction of sp³-hybridized carbons (Fsp3) is 0.450. The lowest BCUT2D eigenvalue weighted by molar-refractivity contribution is 0.0746. The van der Waals surface area contributed by atoms with Crippen LogP contribution in [0.15, 0.2) is 30.3 Å². The van der Waals surface area contributed by atoms with Crippen molar-refractivity contribution in [1.82, 2.24) is 14.9 Å². The lowest BCUT2D eigenvalue weighted by Gasteiger charge is -2.35. The number of hydrogen-bond donors (Lipinski definition) is 0. The highest BCUT2D eigenvalue weighted by atomic mass is 19.1. The molecule has 2 saturated heterocycles. The highest BCUT2D eigenvalue weighted by Crippen LogP contribution is 2.20. The lowest BCUT2D eigenvalue weighted by Crippen LogP contribution is -2.49. The van der Waals surface area contributed by atoms with Crippen molar-refractivity contribution in [2.24, 2.45) is 0 Å². The zero-order valence-corrected chi connectivity index (χ0v) is 16.0. The van der Waals surface area contributed by atoms with Gasteiger partial charge >= 0.3 is 0 Å². The molecular weight excluding hydrogens is 361 g/mol. The molecule has 4 rings (SSSR count). The van der Waals surface area contributed by atoms with Crippen LogP contribution in [0.5, 0.6) is 0 Å². The standard InChI is InChI=1S/C20H24FN5O2/c1-15-14-18(24-10-12-28-13-11-24)23-20(22-15)26-8-6-25(7-9-26)19(27)16-2-4-17(21)5-3-16/h2-5,14H,6-13H2,1H3. The summed E-state index contributed by atoms with van der Waals surface area (Å²) in [5, 5.41) is 0. The quantitative estimate of drug-likeness (QED) is 0.802. The van der Waals surface area contributed by atoms with Crippen LogP contribution in [0.4, 0.5) is 16.2 Å². The molecule has 2 aliphatic heterocycles. The number of hydrogen-bond acceptors (Lipinski definition) is 6. The number of rotatable bonds is 3. The number of halogens is 1. The first-order chi connectivity index (χ1) is 13.6. The number of ether oxygens (including phenoxy) is 1. The van der Waals surface area contributed by atoms with E-state index in [0.717, 1.165) is 24.6 Å². The van der Waals surface area contributed by atoms with Crippen LogP contribution in [-0.4, -0.2) is 73.3 Å². The Bertz CT molecular complexity index is 831. The van der Waals surface area contributed by atoms with Crippen molar-refractivity contribution in [2.45, 2.75) is 6.92 Å². The van der Waals surface area contributed by atoms with Crippen molar-refractivity contribution in [3.05, 3.63) is 47.4 Å². The van der Waals surface area contributed by atoms with Crippen LogP contribution in [0.25, 0.3) is 0 Å². The Morgan fingerprint density at radius 2 is 1.64 bits per heavy atom. The highest BCUT2D eigenvalue weighted by Gasteiger charge is 2.24. The molecule has 2 fully saturated rings. The van der Waals surface area contributed by atoms with Crippen molar-refractivity contribution in [2.75, 3.05) is 62.3 Å². The van der Waals surface area contributed by atoms with Gasteiger partial charge in [0.15, 0.2) is 0 Å². The van der Waals surface area contributed by atoms with Gasteiger partial charge in [-0.15, -0.1) is 0 Å². The number of amides is 1. The number of morpholine rings is 1. The molecule has 0 radical (unpaired) electrons. The number of benzene rings is 1. The topological polar surface area (TPSA) is 61.8 Å². The largest absolute Gasteiger partial charge is 0.378 e. The third kappa shape index (κ3) is 4.06. The van der Waals surface area contributed by atoms with Crippen LogP contribution in [0.3, 0.4) is 0 Å². The molecule has 3 heterocycles. The summed E-state index contributed by atoms with van der Waals surface area (Å²) in [5.41, 5.74) is 1.44. The Morgan fingerprint density at radius 3 is 2.32 bits per heavy atom. The molecule has 0 atom stereocenters. The van der Waals surface area contributed by atoms with E-state index in [9.17, 15) is 9.18 Å². The molecule has 0 spiro atoms. The van der Waals surface area contributed by atoms with Gasteiger partial charge in [0.1, 0.15) is 11.6 Å². The molecule has 28 heavy (non-hydrogen) atoms. The van der Waals surface area contributed by atoms with Crippen molar-refractivity contribution in [3.8, 4) is 0 Å². The van der Waals surface area contributed by atoms with E-state index in [2.05, 4.69) is 14.8 Å². The molecule has 0 bridgehead atoms. The van der Waals surface area contributed by atoms with Crippen molar-refractivity contribution in [1.29, 1.82) is 0 Å². The molecule has 8 heteroatoms. The van der Waals surface area contributed by atoms with Gasteiger partial charge in [0, 0.05) is 56.6 Å². The number of piperazine rings is 1. The van der Waals surface area contributed by atoms with Gasteiger partial charge in [-0.1, -0.05) is 0 Å². The van der Waals surface area contributed by atoms with Gasteiger partial charge in [0.2, 0.25) is 5.95 Å². The van der Waals surface area contributed by atoms with Gasteiger partial charge < -0.3 is 19.4 Å². The van der Waals surface area contributed by atoms with Crippen molar-refractivity contribution < 1.29 is 13.9 Å². The van der Waals surface area contributed by atoms with Crippen LogP contribution in [-0.2, 0) is 4.74 Å². The van der Waals surface area contributed by atoms with E-state index in [1.807, 2.05) is 13.0 Å². The van der Waals surface area contributed by atoms with E-state index in [1.54, 1.807) is 4.90 Å². The molecule has 2 aliphatic rings. The summed E-state index contributed by atoms with van der Waals surface area (Å²) in [6.07, 6.45) is 0. The van der Waals surface area contributed by atoms with Gasteiger partial charge in [0.05, 0.1) is 13.2 Å². The normalized spacial score (nSPS) is 17.7. The molecule has 0 N–H and O–H groups in total. The average molecular weight is 385 g/mol. The number of anilines is 2. The summed E-state index contributed by atoms with van der Waals surface area (Å²) >= 11 is 0. The third-order valence-electron chi connectivity index (χ3n) is 5.10. The number of aryl methyl sites for hydroxylation is 1.